The highest BCUT2D eigenvalue weighted by molar-refractivity contribution is 6.51. The molecule has 0 unspecified atom stereocenters. The second-order valence-corrected chi connectivity index (χ2v) is 5.72. The van der Waals surface area contributed by atoms with Gasteiger partial charge in [0.05, 0.1) is 17.1 Å². The zero-order valence-corrected chi connectivity index (χ0v) is 14.6. The van der Waals surface area contributed by atoms with Gasteiger partial charge in [0.15, 0.2) is 5.71 Å². The van der Waals surface area contributed by atoms with Gasteiger partial charge in [0.2, 0.25) is 0 Å². The second kappa shape index (κ2) is 7.21. The first-order chi connectivity index (χ1) is 12.1. The number of anilines is 2. The first-order valence-corrected chi connectivity index (χ1v) is 8.43. The maximum Gasteiger partial charge on any atom is 0.297 e. The Balaban J connectivity index is 1.84. The molecule has 1 heterocycles. The molecule has 0 radical (unpaired) electrons. The summed E-state index contributed by atoms with van der Waals surface area (Å²) in [6.45, 7) is 10.1. The van der Waals surface area contributed by atoms with Crippen LogP contribution in [0.15, 0.2) is 71.9 Å². The lowest BCUT2D eigenvalue weighted by molar-refractivity contribution is -0.112. The summed E-state index contributed by atoms with van der Waals surface area (Å²) in [6.07, 6.45) is 0. The predicted octanol–water partition coefficient (Wildman–Crippen LogP) is 3.67. The van der Waals surface area contributed by atoms with Crippen LogP contribution in [-0.2, 0) is 4.79 Å². The molecule has 2 aromatic carbocycles. The maximum absolute atomic E-state index is 12.7. The Morgan fingerprint density at radius 3 is 2.28 bits per heavy atom. The smallest absolute Gasteiger partial charge is 0.297 e. The van der Waals surface area contributed by atoms with Crippen molar-refractivity contribution in [2.75, 3.05) is 23.0 Å². The van der Waals surface area contributed by atoms with Gasteiger partial charge in [-0.3, -0.25) is 10.2 Å². The van der Waals surface area contributed by atoms with Gasteiger partial charge in [0.1, 0.15) is 0 Å². The number of hydrazine groups is 1. The summed E-state index contributed by atoms with van der Waals surface area (Å²) in [4.78, 5) is 19.4. The van der Waals surface area contributed by atoms with E-state index in [1.165, 1.54) is 5.01 Å². The highest BCUT2D eigenvalue weighted by atomic mass is 16.2. The van der Waals surface area contributed by atoms with E-state index in [0.717, 1.165) is 30.2 Å². The van der Waals surface area contributed by atoms with E-state index in [-0.39, 0.29) is 5.91 Å². The van der Waals surface area contributed by atoms with Crippen molar-refractivity contribution in [3.05, 3.63) is 66.9 Å². The topological polar surface area (TPSA) is 47.9 Å². The third-order valence-corrected chi connectivity index (χ3v) is 4.17. The minimum atomic E-state index is -0.205. The van der Waals surface area contributed by atoms with Crippen LogP contribution in [0.1, 0.15) is 13.8 Å². The van der Waals surface area contributed by atoms with E-state index in [1.54, 1.807) is 0 Å². The van der Waals surface area contributed by atoms with Crippen molar-refractivity contribution in [1.82, 2.24) is 5.43 Å². The van der Waals surface area contributed by atoms with Gasteiger partial charge >= 0.3 is 0 Å². The molecule has 0 bridgehead atoms. The summed E-state index contributed by atoms with van der Waals surface area (Å²) in [6, 6.07) is 17.3. The lowest BCUT2D eigenvalue weighted by Gasteiger charge is -2.20. The molecule has 25 heavy (non-hydrogen) atoms. The summed E-state index contributed by atoms with van der Waals surface area (Å²) in [5, 5.41) is 1.46. The molecule has 1 saturated heterocycles. The SMILES string of the molecule is C=C1NN(c2ccccc2)C(=O)C1=Nc1ccc(N(CC)CC)cc1. The van der Waals surface area contributed by atoms with E-state index >= 15 is 0 Å². The van der Waals surface area contributed by atoms with E-state index in [9.17, 15) is 4.79 Å². The summed E-state index contributed by atoms with van der Waals surface area (Å²) in [5.41, 5.74) is 6.46. The fraction of sp³-hybridized carbons (Fsp3) is 0.200. The molecular weight excluding hydrogens is 312 g/mol. The fourth-order valence-corrected chi connectivity index (χ4v) is 2.80. The molecule has 1 N–H and O–H groups in total. The average molecular weight is 334 g/mol. The quantitative estimate of drug-likeness (QED) is 0.907. The number of rotatable bonds is 5. The monoisotopic (exact) mass is 334 g/mol. The largest absolute Gasteiger partial charge is 0.372 e. The number of hydrogen-bond acceptors (Lipinski definition) is 4. The maximum atomic E-state index is 12.7. The zero-order chi connectivity index (χ0) is 17.8. The average Bonchev–Trinajstić information content (AvgIpc) is 2.93. The minimum Gasteiger partial charge on any atom is -0.372 e. The third kappa shape index (κ3) is 3.40. The molecule has 1 aliphatic heterocycles. The molecule has 1 aliphatic rings. The van der Waals surface area contributed by atoms with Crippen LogP contribution in [0.3, 0.4) is 0 Å². The number of amides is 1. The lowest BCUT2D eigenvalue weighted by atomic mass is 10.2. The Hall–Kier alpha value is -3.08. The molecule has 0 aromatic heterocycles. The normalized spacial score (nSPS) is 15.6. The van der Waals surface area contributed by atoms with Crippen molar-refractivity contribution in [3.63, 3.8) is 0 Å². The second-order valence-electron chi connectivity index (χ2n) is 5.72. The number of nitrogens with zero attached hydrogens (tertiary/aromatic N) is 3. The molecule has 0 aliphatic carbocycles. The summed E-state index contributed by atoms with van der Waals surface area (Å²) >= 11 is 0. The Labute approximate surface area is 148 Å². The summed E-state index contributed by atoms with van der Waals surface area (Å²) in [7, 11) is 0. The molecular formula is C20H22N4O. The van der Waals surface area contributed by atoms with Gasteiger partial charge in [-0.15, -0.1) is 0 Å². The molecule has 0 spiro atoms. The number of nitrogens with one attached hydrogen (secondary N) is 1. The van der Waals surface area contributed by atoms with Crippen molar-refractivity contribution in [1.29, 1.82) is 0 Å². The Kier molecular flexibility index (Phi) is 4.84. The summed E-state index contributed by atoms with van der Waals surface area (Å²) in [5.74, 6) is -0.205. The highest BCUT2D eigenvalue weighted by Gasteiger charge is 2.31. The number of carbonyl (C=O) groups is 1. The molecule has 5 heteroatoms. The van der Waals surface area contributed by atoms with Crippen molar-refractivity contribution >= 4 is 28.7 Å². The number of carbonyl (C=O) groups excluding carboxylic acids is 1. The molecule has 0 atom stereocenters. The van der Waals surface area contributed by atoms with Crippen LogP contribution >= 0.6 is 0 Å². The Morgan fingerprint density at radius 1 is 1.04 bits per heavy atom. The van der Waals surface area contributed by atoms with Crippen molar-refractivity contribution < 1.29 is 4.79 Å². The van der Waals surface area contributed by atoms with Crippen LogP contribution in [0, 0.1) is 0 Å². The molecule has 0 saturated carbocycles. The predicted molar refractivity (Wildman–Crippen MR) is 103 cm³/mol. The molecule has 1 fully saturated rings. The first kappa shape index (κ1) is 16.8. The standard InChI is InChI=1S/C20H22N4O/c1-4-23(5-2)17-13-11-16(12-14-17)21-19-15(3)22-24(20(19)25)18-9-7-6-8-10-18/h6-14,22H,3-5H2,1-2H3. The van der Waals surface area contributed by atoms with Crippen molar-refractivity contribution in [2.24, 2.45) is 4.99 Å². The van der Waals surface area contributed by atoms with Gasteiger partial charge in [0, 0.05) is 18.8 Å². The molecule has 5 nitrogen and oxygen atoms in total. The van der Waals surface area contributed by atoms with E-state index in [1.807, 2.05) is 54.6 Å². The third-order valence-electron chi connectivity index (χ3n) is 4.17. The minimum absolute atomic E-state index is 0.205. The van der Waals surface area contributed by atoms with E-state index in [4.69, 9.17) is 0 Å². The molecule has 128 valence electrons. The molecule has 3 rings (SSSR count). The van der Waals surface area contributed by atoms with Crippen molar-refractivity contribution in [3.8, 4) is 0 Å². The van der Waals surface area contributed by atoms with Gasteiger partial charge in [-0.05, 0) is 50.2 Å². The zero-order valence-electron chi connectivity index (χ0n) is 14.6. The van der Waals surface area contributed by atoms with Gasteiger partial charge in [0.25, 0.3) is 5.91 Å². The van der Waals surface area contributed by atoms with Gasteiger partial charge in [-0.2, -0.15) is 0 Å². The number of benzene rings is 2. The molecule has 2 aromatic rings. The van der Waals surface area contributed by atoms with Crippen LogP contribution in [0.25, 0.3) is 0 Å². The van der Waals surface area contributed by atoms with Crippen LogP contribution in [0.2, 0.25) is 0 Å². The first-order valence-electron chi connectivity index (χ1n) is 8.43. The molecule has 1 amide bonds. The van der Waals surface area contributed by atoms with Gasteiger partial charge in [-0.25, -0.2) is 10.0 Å². The van der Waals surface area contributed by atoms with Crippen LogP contribution < -0.4 is 15.3 Å². The van der Waals surface area contributed by atoms with E-state index in [2.05, 4.69) is 35.7 Å². The van der Waals surface area contributed by atoms with Crippen LogP contribution in [-0.4, -0.2) is 24.7 Å². The van der Waals surface area contributed by atoms with Crippen molar-refractivity contribution in [2.45, 2.75) is 13.8 Å². The lowest BCUT2D eigenvalue weighted by Crippen LogP contribution is -2.34. The Morgan fingerprint density at radius 2 is 1.68 bits per heavy atom. The van der Waals surface area contributed by atoms with Crippen LogP contribution in [0.5, 0.6) is 0 Å². The number of aliphatic imine (C=N–C) groups is 1. The van der Waals surface area contributed by atoms with Crippen LogP contribution in [0.4, 0.5) is 17.1 Å². The van der Waals surface area contributed by atoms with Gasteiger partial charge < -0.3 is 4.90 Å². The number of para-hydroxylation sites is 1. The number of hydrogen-bond donors (Lipinski definition) is 1. The Bertz CT molecular complexity index is 792. The van der Waals surface area contributed by atoms with E-state index in [0.29, 0.717) is 11.4 Å². The van der Waals surface area contributed by atoms with E-state index < -0.39 is 0 Å². The fourth-order valence-electron chi connectivity index (χ4n) is 2.80. The van der Waals surface area contributed by atoms with Gasteiger partial charge in [-0.1, -0.05) is 24.8 Å². The highest BCUT2D eigenvalue weighted by Crippen LogP contribution is 2.23. The summed E-state index contributed by atoms with van der Waals surface area (Å²) < 4.78 is 0.